The summed E-state index contributed by atoms with van der Waals surface area (Å²) in [6.07, 6.45) is 2.44. The molecule has 0 radical (unpaired) electrons. The Hall–Kier alpha value is -2.98. The van der Waals surface area contributed by atoms with E-state index in [9.17, 15) is 5.11 Å². The Morgan fingerprint density at radius 3 is 2.81 bits per heavy atom. The summed E-state index contributed by atoms with van der Waals surface area (Å²) in [7, 11) is 1.69. The zero-order chi connectivity index (χ0) is 19.1. The first kappa shape index (κ1) is 17.4. The minimum Gasteiger partial charge on any atom is -0.511 e. The summed E-state index contributed by atoms with van der Waals surface area (Å²) >= 11 is 0. The fourth-order valence-corrected chi connectivity index (χ4v) is 4.07. The highest BCUT2D eigenvalue weighted by atomic mass is 16.5. The average Bonchev–Trinajstić information content (AvgIpc) is 2.69. The van der Waals surface area contributed by atoms with Crippen LogP contribution in [-0.4, -0.2) is 24.9 Å². The van der Waals surface area contributed by atoms with Crippen LogP contribution in [0.3, 0.4) is 0 Å². The van der Waals surface area contributed by atoms with E-state index >= 15 is 0 Å². The largest absolute Gasteiger partial charge is 0.511 e. The van der Waals surface area contributed by atoms with Crippen LogP contribution in [0.4, 0.5) is 0 Å². The fourth-order valence-electron chi connectivity index (χ4n) is 4.07. The molecule has 0 bridgehead atoms. The third-order valence-corrected chi connectivity index (χ3v) is 5.36. The molecule has 0 amide bonds. The molecule has 0 saturated heterocycles. The van der Waals surface area contributed by atoms with Crippen LogP contribution < -0.4 is 10.1 Å². The molecule has 2 atom stereocenters. The Balaban J connectivity index is 2.03. The van der Waals surface area contributed by atoms with E-state index in [0.29, 0.717) is 17.9 Å². The molecule has 0 aliphatic carbocycles. The van der Waals surface area contributed by atoms with Gasteiger partial charge in [0, 0.05) is 36.2 Å². The molecule has 2 aliphatic heterocycles. The summed E-state index contributed by atoms with van der Waals surface area (Å²) < 4.78 is 11.5. The number of benzene rings is 2. The van der Waals surface area contributed by atoms with Crippen molar-refractivity contribution in [1.29, 1.82) is 0 Å². The van der Waals surface area contributed by atoms with Gasteiger partial charge < -0.3 is 19.9 Å². The maximum absolute atomic E-state index is 10.3. The van der Waals surface area contributed by atoms with Gasteiger partial charge in [0.05, 0.1) is 11.7 Å². The van der Waals surface area contributed by atoms with E-state index in [1.165, 1.54) is 0 Å². The van der Waals surface area contributed by atoms with Crippen molar-refractivity contribution in [1.82, 2.24) is 5.32 Å². The first-order chi connectivity index (χ1) is 13.1. The zero-order valence-corrected chi connectivity index (χ0v) is 15.4. The topological polar surface area (TPSA) is 50.7 Å². The minimum atomic E-state index is -0.332. The molecule has 0 fully saturated rings. The second kappa shape index (κ2) is 6.63. The van der Waals surface area contributed by atoms with Crippen LogP contribution in [0.2, 0.25) is 0 Å². The molecule has 0 spiro atoms. The third kappa shape index (κ3) is 2.64. The molecule has 0 aromatic heterocycles. The van der Waals surface area contributed by atoms with Crippen molar-refractivity contribution in [3.8, 4) is 5.75 Å². The molecule has 2 heterocycles. The zero-order valence-electron chi connectivity index (χ0n) is 15.4. The van der Waals surface area contributed by atoms with Crippen LogP contribution in [0.1, 0.15) is 23.5 Å². The van der Waals surface area contributed by atoms with Crippen LogP contribution in [0.25, 0.3) is 16.5 Å². The SMILES string of the molecule is C=CC(=C)C1=C2NC(C(=C)O)C(CCOC)c3ccc4cccc(c4c32)O1. The van der Waals surface area contributed by atoms with E-state index < -0.39 is 0 Å². The Kier molecular flexibility index (Phi) is 4.28. The number of aliphatic hydroxyl groups excluding tert-OH is 1. The maximum atomic E-state index is 10.3. The van der Waals surface area contributed by atoms with Gasteiger partial charge in [0.15, 0.2) is 5.76 Å². The highest BCUT2D eigenvalue weighted by Gasteiger charge is 2.38. The smallest absolute Gasteiger partial charge is 0.157 e. The molecular weight excluding hydrogens is 338 g/mol. The van der Waals surface area contributed by atoms with Gasteiger partial charge in [0.25, 0.3) is 0 Å². The molecule has 2 aliphatic rings. The summed E-state index contributed by atoms with van der Waals surface area (Å²) in [6, 6.07) is 9.94. The van der Waals surface area contributed by atoms with Gasteiger partial charge in [-0.1, -0.05) is 50.1 Å². The Labute approximate surface area is 159 Å². The summed E-state index contributed by atoms with van der Waals surface area (Å²) in [4.78, 5) is 0. The first-order valence-corrected chi connectivity index (χ1v) is 9.00. The van der Waals surface area contributed by atoms with Gasteiger partial charge in [0.1, 0.15) is 11.5 Å². The molecular formula is C23H23NO3. The number of allylic oxidation sites excluding steroid dienone is 1. The van der Waals surface area contributed by atoms with Crippen molar-refractivity contribution in [2.75, 3.05) is 13.7 Å². The number of rotatable bonds is 6. The molecule has 0 saturated carbocycles. The van der Waals surface area contributed by atoms with E-state index in [4.69, 9.17) is 9.47 Å². The van der Waals surface area contributed by atoms with Crippen molar-refractivity contribution in [2.24, 2.45) is 0 Å². The standard InChI is InChI=1S/C23H23NO3/c1-5-13(2)23-22-20-16(17(11-12-26-4)21(24-22)14(3)25)10-9-15-7-6-8-18(27-23)19(15)20/h5-10,17,21,24-25H,1-3,11-12H2,4H3. The second-order valence-corrected chi connectivity index (χ2v) is 6.92. The molecule has 27 heavy (non-hydrogen) atoms. The minimum absolute atomic E-state index is 0.0370. The van der Waals surface area contributed by atoms with E-state index in [1.54, 1.807) is 13.2 Å². The first-order valence-electron chi connectivity index (χ1n) is 9.00. The monoisotopic (exact) mass is 361 g/mol. The van der Waals surface area contributed by atoms with E-state index in [0.717, 1.165) is 39.8 Å². The van der Waals surface area contributed by atoms with Gasteiger partial charge in [0.2, 0.25) is 0 Å². The molecule has 4 nitrogen and oxygen atoms in total. The van der Waals surface area contributed by atoms with E-state index in [2.05, 4.69) is 43.3 Å². The maximum Gasteiger partial charge on any atom is 0.157 e. The molecule has 2 aromatic rings. The number of aliphatic hydroxyl groups is 1. The lowest BCUT2D eigenvalue weighted by Gasteiger charge is -2.39. The summed E-state index contributed by atoms with van der Waals surface area (Å²) in [5, 5.41) is 15.9. The molecule has 138 valence electrons. The second-order valence-electron chi connectivity index (χ2n) is 6.92. The van der Waals surface area contributed by atoms with Crippen LogP contribution in [0, 0.1) is 0 Å². The predicted molar refractivity (Wildman–Crippen MR) is 109 cm³/mol. The van der Waals surface area contributed by atoms with Gasteiger partial charge in [-0.3, -0.25) is 0 Å². The van der Waals surface area contributed by atoms with Gasteiger partial charge in [-0.15, -0.1) is 0 Å². The van der Waals surface area contributed by atoms with Crippen LogP contribution in [0.15, 0.2) is 73.2 Å². The Bertz CT molecular complexity index is 1000. The highest BCUT2D eigenvalue weighted by molar-refractivity contribution is 6.02. The molecule has 2 N–H and O–H groups in total. The van der Waals surface area contributed by atoms with Gasteiger partial charge >= 0.3 is 0 Å². The van der Waals surface area contributed by atoms with Crippen molar-refractivity contribution in [3.63, 3.8) is 0 Å². The average molecular weight is 361 g/mol. The van der Waals surface area contributed by atoms with Crippen molar-refractivity contribution < 1.29 is 14.6 Å². The van der Waals surface area contributed by atoms with Crippen LogP contribution in [0.5, 0.6) is 5.75 Å². The Morgan fingerprint density at radius 2 is 2.11 bits per heavy atom. The summed E-state index contributed by atoms with van der Waals surface area (Å²) in [5.74, 6) is 1.57. The lowest BCUT2D eigenvalue weighted by Crippen LogP contribution is -2.42. The number of ether oxygens (including phenoxy) is 2. The normalized spacial score (nSPS) is 20.0. The van der Waals surface area contributed by atoms with Crippen LogP contribution >= 0.6 is 0 Å². The lowest BCUT2D eigenvalue weighted by molar-refractivity contribution is 0.179. The van der Waals surface area contributed by atoms with Crippen molar-refractivity contribution in [2.45, 2.75) is 18.4 Å². The van der Waals surface area contributed by atoms with Gasteiger partial charge in [-0.25, -0.2) is 0 Å². The number of hydrogen-bond acceptors (Lipinski definition) is 4. The fraction of sp³-hybridized carbons (Fsp3) is 0.217. The van der Waals surface area contributed by atoms with Gasteiger partial charge in [-0.05, 0) is 23.4 Å². The number of hydrogen-bond donors (Lipinski definition) is 2. The lowest BCUT2D eigenvalue weighted by atomic mass is 9.77. The van der Waals surface area contributed by atoms with E-state index in [1.807, 2.05) is 12.1 Å². The summed E-state index contributed by atoms with van der Waals surface area (Å²) in [5.41, 5.74) is 3.77. The van der Waals surface area contributed by atoms with Crippen molar-refractivity contribution >= 4 is 16.5 Å². The molecule has 4 rings (SSSR count). The third-order valence-electron chi connectivity index (χ3n) is 5.36. The summed E-state index contributed by atoms with van der Waals surface area (Å²) in [6.45, 7) is 12.3. The highest BCUT2D eigenvalue weighted by Crippen LogP contribution is 2.48. The molecule has 4 heteroatoms. The number of methoxy groups -OCH3 is 1. The van der Waals surface area contributed by atoms with Gasteiger partial charge in [-0.2, -0.15) is 0 Å². The number of nitrogens with one attached hydrogen (secondary N) is 1. The Morgan fingerprint density at radius 1 is 1.30 bits per heavy atom. The molecule has 2 unspecified atom stereocenters. The quantitative estimate of drug-likeness (QED) is 0.573. The van der Waals surface area contributed by atoms with Crippen LogP contribution in [-0.2, 0) is 4.74 Å². The van der Waals surface area contributed by atoms with Crippen molar-refractivity contribution in [3.05, 3.63) is 84.4 Å². The van der Waals surface area contributed by atoms with E-state index in [-0.39, 0.29) is 17.7 Å². The molecule has 2 aromatic carbocycles. The predicted octanol–water partition coefficient (Wildman–Crippen LogP) is 4.81.